The van der Waals surface area contributed by atoms with Crippen molar-refractivity contribution in [2.45, 2.75) is 32.9 Å². The van der Waals surface area contributed by atoms with Crippen molar-refractivity contribution in [2.75, 3.05) is 18.4 Å². The van der Waals surface area contributed by atoms with E-state index in [0.717, 1.165) is 31.6 Å². The van der Waals surface area contributed by atoms with Crippen molar-refractivity contribution in [3.63, 3.8) is 0 Å². The lowest BCUT2D eigenvalue weighted by Gasteiger charge is -2.30. The molecule has 1 aliphatic heterocycles. The highest BCUT2D eigenvalue weighted by molar-refractivity contribution is 5.90. The first kappa shape index (κ1) is 20.2. The summed E-state index contributed by atoms with van der Waals surface area (Å²) in [6.07, 6.45) is 3.79. The van der Waals surface area contributed by atoms with Gasteiger partial charge >= 0.3 is 0 Å². The molecule has 1 saturated heterocycles. The van der Waals surface area contributed by atoms with E-state index >= 15 is 0 Å². The minimum absolute atomic E-state index is 0.154. The molecular formula is C23H25FN4O2. The maximum atomic E-state index is 13.4. The van der Waals surface area contributed by atoms with E-state index in [9.17, 15) is 14.0 Å². The van der Waals surface area contributed by atoms with Crippen molar-refractivity contribution in [2.24, 2.45) is 5.92 Å². The normalized spacial score (nSPS) is 15.4. The fourth-order valence-corrected chi connectivity index (χ4v) is 3.77. The molecule has 1 amide bonds. The van der Waals surface area contributed by atoms with Gasteiger partial charge in [0.15, 0.2) is 0 Å². The lowest BCUT2D eigenvalue weighted by atomic mass is 9.99. The van der Waals surface area contributed by atoms with Crippen LogP contribution >= 0.6 is 0 Å². The molecule has 1 fully saturated rings. The second-order valence-corrected chi connectivity index (χ2v) is 8.04. The van der Waals surface area contributed by atoms with Gasteiger partial charge in [-0.05, 0) is 67.7 Å². The van der Waals surface area contributed by atoms with E-state index in [1.807, 2.05) is 24.3 Å². The second-order valence-electron chi connectivity index (χ2n) is 8.04. The number of likely N-dealkylation sites (tertiary alicyclic amines) is 1. The zero-order valence-corrected chi connectivity index (χ0v) is 17.0. The Morgan fingerprint density at radius 3 is 2.63 bits per heavy atom. The Kier molecular flexibility index (Phi) is 5.90. The molecule has 6 nitrogen and oxygen atoms in total. The Morgan fingerprint density at radius 1 is 1.17 bits per heavy atom. The lowest BCUT2D eigenvalue weighted by Crippen LogP contribution is -2.32. The molecule has 1 N–H and O–H groups in total. The highest BCUT2D eigenvalue weighted by Gasteiger charge is 2.15. The van der Waals surface area contributed by atoms with Crippen molar-refractivity contribution < 1.29 is 9.18 Å². The first-order chi connectivity index (χ1) is 14.5. The summed E-state index contributed by atoms with van der Waals surface area (Å²) in [6.45, 7) is 5.27. The Labute approximate surface area is 174 Å². The van der Waals surface area contributed by atoms with E-state index in [2.05, 4.69) is 22.1 Å². The van der Waals surface area contributed by atoms with Gasteiger partial charge in [-0.3, -0.25) is 19.1 Å². The Hall–Kier alpha value is -3.06. The predicted octanol–water partition coefficient (Wildman–Crippen LogP) is 3.41. The van der Waals surface area contributed by atoms with Gasteiger partial charge < -0.3 is 5.32 Å². The molecule has 1 aromatic heterocycles. The highest BCUT2D eigenvalue weighted by Crippen LogP contribution is 2.19. The van der Waals surface area contributed by atoms with E-state index < -0.39 is 11.4 Å². The molecule has 1 aliphatic rings. The van der Waals surface area contributed by atoms with Crippen LogP contribution in [0, 0.1) is 11.7 Å². The molecule has 0 atom stereocenters. The Balaban J connectivity index is 1.38. The maximum Gasteiger partial charge on any atom is 0.261 e. The molecule has 4 rings (SSSR count). The number of carbonyl (C=O) groups excluding carboxylic acids is 1. The SMILES string of the molecule is CC1CCN(Cc2ccc(NC(=O)Cn3cnc4ccc(F)cc4c3=O)cc2)CC1. The van der Waals surface area contributed by atoms with E-state index in [-0.39, 0.29) is 17.8 Å². The molecule has 0 bridgehead atoms. The Bertz CT molecular complexity index is 1100. The first-order valence-corrected chi connectivity index (χ1v) is 10.2. The minimum atomic E-state index is -0.511. The predicted molar refractivity (Wildman–Crippen MR) is 115 cm³/mol. The molecule has 0 spiro atoms. The van der Waals surface area contributed by atoms with Gasteiger partial charge in [0.2, 0.25) is 5.91 Å². The molecule has 2 heterocycles. The summed E-state index contributed by atoms with van der Waals surface area (Å²) in [4.78, 5) is 31.5. The van der Waals surface area contributed by atoms with Crippen LogP contribution in [-0.2, 0) is 17.9 Å². The number of rotatable bonds is 5. The van der Waals surface area contributed by atoms with E-state index in [0.29, 0.717) is 11.2 Å². The van der Waals surface area contributed by atoms with E-state index in [1.165, 1.54) is 41.4 Å². The van der Waals surface area contributed by atoms with Crippen LogP contribution in [0.4, 0.5) is 10.1 Å². The van der Waals surface area contributed by atoms with Gasteiger partial charge in [0.05, 0.1) is 17.2 Å². The van der Waals surface area contributed by atoms with Crippen LogP contribution in [0.15, 0.2) is 53.6 Å². The number of aromatic nitrogens is 2. The molecule has 0 aliphatic carbocycles. The fourth-order valence-electron chi connectivity index (χ4n) is 3.77. The van der Waals surface area contributed by atoms with E-state index in [4.69, 9.17) is 0 Å². The van der Waals surface area contributed by atoms with Gasteiger partial charge in [-0.25, -0.2) is 9.37 Å². The van der Waals surface area contributed by atoms with E-state index in [1.54, 1.807) is 0 Å². The number of hydrogen-bond acceptors (Lipinski definition) is 4. The number of hydrogen-bond donors (Lipinski definition) is 1. The summed E-state index contributed by atoms with van der Waals surface area (Å²) in [7, 11) is 0. The molecule has 0 radical (unpaired) electrons. The fraction of sp³-hybridized carbons (Fsp3) is 0.348. The number of benzene rings is 2. The van der Waals surface area contributed by atoms with Crippen LogP contribution in [0.3, 0.4) is 0 Å². The summed E-state index contributed by atoms with van der Waals surface area (Å²) in [5.41, 5.74) is 1.83. The number of nitrogens with one attached hydrogen (secondary N) is 1. The number of halogens is 1. The Morgan fingerprint density at radius 2 is 1.90 bits per heavy atom. The first-order valence-electron chi connectivity index (χ1n) is 10.2. The van der Waals surface area contributed by atoms with Crippen molar-refractivity contribution in [3.8, 4) is 0 Å². The largest absolute Gasteiger partial charge is 0.325 e. The number of fused-ring (bicyclic) bond motifs is 1. The number of anilines is 1. The summed E-state index contributed by atoms with van der Waals surface area (Å²) < 4.78 is 14.6. The summed E-state index contributed by atoms with van der Waals surface area (Å²) in [5, 5.41) is 2.95. The van der Waals surface area contributed by atoms with Crippen LogP contribution in [0.2, 0.25) is 0 Å². The lowest BCUT2D eigenvalue weighted by molar-refractivity contribution is -0.116. The van der Waals surface area contributed by atoms with Gasteiger partial charge in [0.1, 0.15) is 12.4 Å². The minimum Gasteiger partial charge on any atom is -0.325 e. The quantitative estimate of drug-likeness (QED) is 0.703. The van der Waals surface area contributed by atoms with Crippen molar-refractivity contribution in [3.05, 3.63) is 70.5 Å². The molecule has 30 heavy (non-hydrogen) atoms. The van der Waals surface area contributed by atoms with Crippen molar-refractivity contribution in [1.29, 1.82) is 0 Å². The monoisotopic (exact) mass is 408 g/mol. The van der Waals surface area contributed by atoms with Crippen LogP contribution in [0.25, 0.3) is 10.9 Å². The molecule has 0 saturated carbocycles. The van der Waals surface area contributed by atoms with Gasteiger partial charge in [-0.1, -0.05) is 19.1 Å². The average Bonchev–Trinajstić information content (AvgIpc) is 2.73. The summed E-state index contributed by atoms with van der Waals surface area (Å²) in [5.74, 6) is -0.0432. The third-order valence-corrected chi connectivity index (χ3v) is 5.62. The molecule has 7 heteroatoms. The molecule has 156 valence electrons. The smallest absolute Gasteiger partial charge is 0.261 e. The van der Waals surface area contributed by atoms with Crippen LogP contribution < -0.4 is 10.9 Å². The zero-order valence-electron chi connectivity index (χ0n) is 17.0. The number of carbonyl (C=O) groups is 1. The zero-order chi connectivity index (χ0) is 21.1. The van der Waals surface area contributed by atoms with Crippen LogP contribution in [-0.4, -0.2) is 33.4 Å². The third-order valence-electron chi connectivity index (χ3n) is 5.62. The van der Waals surface area contributed by atoms with Gasteiger partial charge in [-0.2, -0.15) is 0 Å². The number of piperidine rings is 1. The topological polar surface area (TPSA) is 67.2 Å². The van der Waals surface area contributed by atoms with Gasteiger partial charge in [-0.15, -0.1) is 0 Å². The summed E-state index contributed by atoms with van der Waals surface area (Å²) >= 11 is 0. The molecule has 0 unspecified atom stereocenters. The van der Waals surface area contributed by atoms with Crippen LogP contribution in [0.5, 0.6) is 0 Å². The molecule has 2 aromatic carbocycles. The highest BCUT2D eigenvalue weighted by atomic mass is 19.1. The van der Waals surface area contributed by atoms with Crippen molar-refractivity contribution >= 4 is 22.5 Å². The molecule has 3 aromatic rings. The maximum absolute atomic E-state index is 13.4. The van der Waals surface area contributed by atoms with Gasteiger partial charge in [0.25, 0.3) is 5.56 Å². The second kappa shape index (κ2) is 8.75. The molecular weight excluding hydrogens is 383 g/mol. The average molecular weight is 408 g/mol. The standard InChI is InChI=1S/C23H25FN4O2/c1-16-8-10-27(11-9-16)13-17-2-5-19(6-3-17)26-22(29)14-28-15-25-21-7-4-18(24)12-20(21)23(28)30/h2-7,12,15-16H,8-11,13-14H2,1H3,(H,26,29). The van der Waals surface area contributed by atoms with Crippen LogP contribution in [0.1, 0.15) is 25.3 Å². The summed E-state index contributed by atoms with van der Waals surface area (Å²) in [6, 6.07) is 11.6. The number of nitrogens with zero attached hydrogens (tertiary/aromatic N) is 3. The number of amides is 1. The van der Waals surface area contributed by atoms with Gasteiger partial charge in [0, 0.05) is 12.2 Å². The van der Waals surface area contributed by atoms with Crippen molar-refractivity contribution in [1.82, 2.24) is 14.5 Å². The third kappa shape index (κ3) is 4.74.